The molecule has 0 radical (unpaired) electrons. The van der Waals surface area contributed by atoms with Gasteiger partial charge in [0.2, 0.25) is 0 Å². The summed E-state index contributed by atoms with van der Waals surface area (Å²) in [4.78, 5) is 0. The minimum Gasteiger partial charge on any atom is -0.297 e. The van der Waals surface area contributed by atoms with Crippen molar-refractivity contribution in [3.8, 4) is 0 Å². The number of unbranched alkanes of at least 4 members (excludes halogenated alkanes) is 1. The first-order chi connectivity index (χ1) is 5.22. The van der Waals surface area contributed by atoms with Gasteiger partial charge in [0.1, 0.15) is 0 Å². The highest BCUT2D eigenvalue weighted by molar-refractivity contribution is 4.38. The van der Waals surface area contributed by atoms with Crippen molar-refractivity contribution in [3.05, 3.63) is 0 Å². The second-order valence-electron chi connectivity index (χ2n) is 2.55. The minimum absolute atomic E-state index is 0.472. The molecule has 0 bridgehead atoms. The number of hydrazine groups is 1. The van der Waals surface area contributed by atoms with E-state index in [1.807, 2.05) is 13.8 Å². The van der Waals surface area contributed by atoms with Crippen LogP contribution in [0.25, 0.3) is 0 Å². The fourth-order valence-electron chi connectivity index (χ4n) is 0.730. The zero-order chi connectivity index (χ0) is 8.69. The van der Waals surface area contributed by atoms with Gasteiger partial charge in [0.25, 0.3) is 0 Å². The highest BCUT2D eigenvalue weighted by Crippen LogP contribution is 1.95. The van der Waals surface area contributed by atoms with Crippen LogP contribution in [-0.2, 0) is 0 Å². The molecule has 0 saturated carbocycles. The quantitative estimate of drug-likeness (QED) is 0.581. The highest BCUT2D eigenvalue weighted by atomic mass is 16.7. The zero-order valence-electron chi connectivity index (χ0n) is 7.32. The number of hydrogen-bond acceptors (Lipinski definition) is 4. The van der Waals surface area contributed by atoms with Crippen molar-refractivity contribution in [2.24, 2.45) is 0 Å². The zero-order valence-corrected chi connectivity index (χ0v) is 7.32. The molecular weight excluding hydrogens is 144 g/mol. The molecule has 68 valence electrons. The van der Waals surface area contributed by atoms with E-state index in [1.54, 1.807) is 0 Å². The van der Waals surface area contributed by atoms with Crippen LogP contribution in [0.5, 0.6) is 0 Å². The van der Waals surface area contributed by atoms with E-state index >= 15 is 0 Å². The molecular formula is C7H18N2O2. The van der Waals surface area contributed by atoms with Crippen LogP contribution in [0.15, 0.2) is 0 Å². The van der Waals surface area contributed by atoms with Crippen molar-refractivity contribution < 1.29 is 10.4 Å². The van der Waals surface area contributed by atoms with Gasteiger partial charge in [-0.2, -0.15) is 0 Å². The summed E-state index contributed by atoms with van der Waals surface area (Å²) in [7, 11) is 0. The molecule has 4 heteroatoms. The van der Waals surface area contributed by atoms with Gasteiger partial charge in [-0.05, 0) is 12.8 Å². The molecule has 0 saturated heterocycles. The van der Waals surface area contributed by atoms with E-state index in [2.05, 4.69) is 0 Å². The Morgan fingerprint density at radius 3 is 1.91 bits per heavy atom. The van der Waals surface area contributed by atoms with Crippen molar-refractivity contribution in [1.29, 1.82) is 0 Å². The van der Waals surface area contributed by atoms with Crippen LogP contribution in [0.4, 0.5) is 0 Å². The molecule has 0 aliphatic carbocycles. The van der Waals surface area contributed by atoms with Crippen LogP contribution in [0, 0.1) is 0 Å². The minimum atomic E-state index is 0.472. The summed E-state index contributed by atoms with van der Waals surface area (Å²) in [6.45, 7) is 4.94. The second-order valence-corrected chi connectivity index (χ2v) is 2.55. The summed E-state index contributed by atoms with van der Waals surface area (Å²) in [5, 5.41) is 19.8. The molecule has 4 nitrogen and oxygen atoms in total. The molecule has 0 aromatic heterocycles. The first-order valence-corrected chi connectivity index (χ1v) is 4.15. The van der Waals surface area contributed by atoms with Gasteiger partial charge in [0, 0.05) is 13.1 Å². The number of hydroxylamine groups is 2. The monoisotopic (exact) mass is 162 g/mol. The molecule has 0 atom stereocenters. The van der Waals surface area contributed by atoms with Gasteiger partial charge in [0.05, 0.1) is 0 Å². The lowest BCUT2D eigenvalue weighted by molar-refractivity contribution is -0.367. The third kappa shape index (κ3) is 5.15. The Morgan fingerprint density at radius 1 is 0.909 bits per heavy atom. The molecule has 0 aliphatic rings. The van der Waals surface area contributed by atoms with E-state index in [9.17, 15) is 0 Å². The predicted octanol–water partition coefficient (Wildman–Crippen LogP) is 1.49. The van der Waals surface area contributed by atoms with Crippen molar-refractivity contribution in [2.75, 3.05) is 13.1 Å². The topological polar surface area (TPSA) is 46.9 Å². The third-order valence-corrected chi connectivity index (χ3v) is 1.40. The van der Waals surface area contributed by atoms with Gasteiger partial charge in [-0.1, -0.05) is 20.3 Å². The van der Waals surface area contributed by atoms with Crippen LogP contribution in [0.2, 0.25) is 0 Å². The van der Waals surface area contributed by atoms with Gasteiger partial charge >= 0.3 is 0 Å². The smallest absolute Gasteiger partial charge is 0.0424 e. The number of rotatable bonds is 6. The Bertz CT molecular complexity index is 90.5. The molecule has 0 aromatic carbocycles. The van der Waals surface area contributed by atoms with Gasteiger partial charge in [0.15, 0.2) is 0 Å². The molecule has 0 heterocycles. The molecule has 2 N–H and O–H groups in total. The maximum absolute atomic E-state index is 9.09. The summed E-state index contributed by atoms with van der Waals surface area (Å²) < 4.78 is 0. The van der Waals surface area contributed by atoms with E-state index in [-0.39, 0.29) is 0 Å². The summed E-state index contributed by atoms with van der Waals surface area (Å²) in [5.41, 5.74) is 0. The molecule has 11 heavy (non-hydrogen) atoms. The highest BCUT2D eigenvalue weighted by Gasteiger charge is 2.06. The maximum atomic E-state index is 9.09. The maximum Gasteiger partial charge on any atom is 0.0424 e. The number of nitrogens with zero attached hydrogens (tertiary/aromatic N) is 2. The van der Waals surface area contributed by atoms with Gasteiger partial charge in [-0.25, -0.2) is 0 Å². The van der Waals surface area contributed by atoms with Crippen LogP contribution in [-0.4, -0.2) is 33.8 Å². The van der Waals surface area contributed by atoms with E-state index in [0.717, 1.165) is 29.6 Å². The van der Waals surface area contributed by atoms with Crippen LogP contribution in [0.1, 0.15) is 33.1 Å². The van der Waals surface area contributed by atoms with E-state index < -0.39 is 0 Å². The SMILES string of the molecule is CCCCN(O)N(O)CCC. The Kier molecular flexibility index (Phi) is 6.45. The fraction of sp³-hybridized carbons (Fsp3) is 1.00. The largest absolute Gasteiger partial charge is 0.297 e. The third-order valence-electron chi connectivity index (χ3n) is 1.40. The van der Waals surface area contributed by atoms with Crippen LogP contribution >= 0.6 is 0 Å². The summed E-state index contributed by atoms with van der Waals surface area (Å²) in [5.74, 6) is 0. The molecule has 0 amide bonds. The average Bonchev–Trinajstić information content (AvgIpc) is 2.00. The molecule has 0 aliphatic heterocycles. The summed E-state index contributed by atoms with van der Waals surface area (Å²) in [6, 6.07) is 0. The van der Waals surface area contributed by atoms with Crippen molar-refractivity contribution in [2.45, 2.75) is 33.1 Å². The Labute approximate surface area is 67.9 Å². The fourth-order valence-corrected chi connectivity index (χ4v) is 0.730. The van der Waals surface area contributed by atoms with Crippen molar-refractivity contribution in [1.82, 2.24) is 10.3 Å². The Hall–Kier alpha value is -0.160. The van der Waals surface area contributed by atoms with Gasteiger partial charge < -0.3 is 0 Å². The lowest BCUT2D eigenvalue weighted by Crippen LogP contribution is -2.38. The Morgan fingerprint density at radius 2 is 1.45 bits per heavy atom. The number of hydrogen-bond donors (Lipinski definition) is 2. The summed E-state index contributed by atoms with van der Waals surface area (Å²) >= 11 is 0. The molecule has 0 unspecified atom stereocenters. The lowest BCUT2D eigenvalue weighted by atomic mass is 10.3. The molecule has 0 spiro atoms. The van der Waals surface area contributed by atoms with Gasteiger partial charge in [-0.3, -0.25) is 10.4 Å². The molecule has 0 fully saturated rings. The lowest BCUT2D eigenvalue weighted by Gasteiger charge is -2.22. The Balaban J connectivity index is 3.38. The summed E-state index contributed by atoms with van der Waals surface area (Å²) in [6.07, 6.45) is 2.72. The van der Waals surface area contributed by atoms with Crippen molar-refractivity contribution in [3.63, 3.8) is 0 Å². The first kappa shape index (κ1) is 10.8. The first-order valence-electron chi connectivity index (χ1n) is 4.15. The van der Waals surface area contributed by atoms with Crippen LogP contribution in [0.3, 0.4) is 0 Å². The van der Waals surface area contributed by atoms with E-state index in [1.165, 1.54) is 0 Å². The standard InChI is InChI=1S/C7H18N2O2/c1-3-5-7-9(11)8(10)6-4-2/h10-11H,3-7H2,1-2H3. The predicted molar refractivity (Wildman–Crippen MR) is 42.2 cm³/mol. The van der Waals surface area contributed by atoms with E-state index in [4.69, 9.17) is 10.4 Å². The van der Waals surface area contributed by atoms with Crippen molar-refractivity contribution >= 4 is 0 Å². The molecule has 0 aromatic rings. The van der Waals surface area contributed by atoms with Crippen LogP contribution < -0.4 is 0 Å². The normalized spacial score (nSPS) is 11.5. The van der Waals surface area contributed by atoms with Gasteiger partial charge in [-0.15, -0.1) is 10.3 Å². The average molecular weight is 162 g/mol. The second kappa shape index (κ2) is 6.54. The molecule has 0 rings (SSSR count). The van der Waals surface area contributed by atoms with E-state index in [0.29, 0.717) is 13.1 Å².